The summed E-state index contributed by atoms with van der Waals surface area (Å²) < 4.78 is 0. The van der Waals surface area contributed by atoms with Gasteiger partial charge in [-0.25, -0.2) is 0 Å². The second-order valence-corrected chi connectivity index (χ2v) is 8.29. The van der Waals surface area contributed by atoms with Crippen molar-refractivity contribution < 1.29 is 9.59 Å². The molecule has 0 saturated heterocycles. The third-order valence-corrected chi connectivity index (χ3v) is 4.93. The van der Waals surface area contributed by atoms with Crippen LogP contribution in [0.15, 0.2) is 41.3 Å². The molecule has 0 radical (unpaired) electrons. The average molecular weight is 371 g/mol. The fraction of sp³-hybridized carbons (Fsp3) is 0.333. The molecule has 0 aliphatic carbocycles. The van der Waals surface area contributed by atoms with Crippen molar-refractivity contribution in [2.24, 2.45) is 0 Å². The Labute approximate surface area is 159 Å². The number of hydrogen-bond acceptors (Lipinski definition) is 3. The zero-order valence-corrected chi connectivity index (χ0v) is 16.8. The fourth-order valence-electron chi connectivity index (χ4n) is 2.83. The van der Waals surface area contributed by atoms with Crippen LogP contribution in [0.1, 0.15) is 40.9 Å². The molecule has 2 rings (SSSR count). The van der Waals surface area contributed by atoms with Crippen molar-refractivity contribution in [3.63, 3.8) is 0 Å². The first-order valence-electron chi connectivity index (χ1n) is 8.69. The van der Waals surface area contributed by atoms with Gasteiger partial charge in [-0.2, -0.15) is 0 Å². The number of rotatable bonds is 6. The van der Waals surface area contributed by atoms with Crippen LogP contribution in [0.4, 0.5) is 5.69 Å². The zero-order chi connectivity index (χ0) is 19.3. The van der Waals surface area contributed by atoms with Gasteiger partial charge in [0, 0.05) is 15.8 Å². The lowest BCUT2D eigenvalue weighted by Gasteiger charge is -2.14. The quantitative estimate of drug-likeness (QED) is 0.737. The second kappa shape index (κ2) is 8.90. The molecule has 0 aromatic heterocycles. The minimum absolute atomic E-state index is 0.0632. The van der Waals surface area contributed by atoms with Crippen LogP contribution >= 0.6 is 11.8 Å². The van der Waals surface area contributed by atoms with E-state index in [1.165, 1.54) is 0 Å². The fourth-order valence-corrected chi connectivity index (χ4v) is 3.78. The summed E-state index contributed by atoms with van der Waals surface area (Å²) in [5.41, 5.74) is 4.60. The summed E-state index contributed by atoms with van der Waals surface area (Å²) in [6.07, 6.45) is 0. The van der Waals surface area contributed by atoms with E-state index in [4.69, 9.17) is 0 Å². The predicted octanol–water partition coefficient (Wildman–Crippen LogP) is 4.48. The van der Waals surface area contributed by atoms with E-state index >= 15 is 0 Å². The molecule has 0 spiro atoms. The molecule has 0 aliphatic rings. The molecule has 0 unspecified atom stereocenters. The van der Waals surface area contributed by atoms with Crippen LogP contribution in [0.25, 0.3) is 0 Å². The molecular formula is C21H26N2O2S. The van der Waals surface area contributed by atoms with E-state index in [1.54, 1.807) is 17.8 Å². The maximum atomic E-state index is 12.5. The number of hydrogen-bond donors (Lipinski definition) is 2. The first-order chi connectivity index (χ1) is 12.3. The minimum atomic E-state index is -0.235. The average Bonchev–Trinajstić information content (AvgIpc) is 2.56. The summed E-state index contributed by atoms with van der Waals surface area (Å²) >= 11 is 1.63. The Kier molecular flexibility index (Phi) is 6.86. The number of benzene rings is 2. The Balaban J connectivity index is 2.01. The van der Waals surface area contributed by atoms with Crippen LogP contribution in [0.5, 0.6) is 0 Å². The SMILES string of the molecule is Cc1cc(C)c(NC(=O)CNC(=O)c2ccccc2SC(C)C)c(C)c1. The number of anilines is 1. The molecule has 138 valence electrons. The Morgan fingerprint density at radius 2 is 1.65 bits per heavy atom. The summed E-state index contributed by atoms with van der Waals surface area (Å²) in [6.45, 7) is 10.1. The minimum Gasteiger partial charge on any atom is -0.343 e. The number of amides is 2. The number of thioether (sulfide) groups is 1. The Morgan fingerprint density at radius 1 is 1.04 bits per heavy atom. The molecule has 2 amide bonds. The number of carbonyl (C=O) groups is 2. The number of aryl methyl sites for hydroxylation is 3. The van der Waals surface area contributed by atoms with Gasteiger partial charge in [-0.05, 0) is 44.0 Å². The summed E-state index contributed by atoms with van der Waals surface area (Å²) in [5, 5.41) is 5.99. The largest absolute Gasteiger partial charge is 0.343 e. The van der Waals surface area contributed by atoms with Crippen LogP contribution in [-0.4, -0.2) is 23.6 Å². The van der Waals surface area contributed by atoms with Crippen molar-refractivity contribution >= 4 is 29.3 Å². The Hall–Kier alpha value is -2.27. The zero-order valence-electron chi connectivity index (χ0n) is 16.0. The van der Waals surface area contributed by atoms with Crippen LogP contribution in [0.3, 0.4) is 0 Å². The lowest BCUT2D eigenvalue weighted by atomic mass is 10.1. The van der Waals surface area contributed by atoms with Crippen molar-refractivity contribution in [2.45, 2.75) is 44.8 Å². The summed E-state index contributed by atoms with van der Waals surface area (Å²) in [4.78, 5) is 25.7. The maximum absolute atomic E-state index is 12.5. The molecule has 2 N–H and O–H groups in total. The first-order valence-corrected chi connectivity index (χ1v) is 9.57. The van der Waals surface area contributed by atoms with Crippen molar-refractivity contribution in [3.05, 3.63) is 58.7 Å². The highest BCUT2D eigenvalue weighted by Gasteiger charge is 2.14. The maximum Gasteiger partial charge on any atom is 0.252 e. The smallest absolute Gasteiger partial charge is 0.252 e. The Bertz CT molecular complexity index is 792. The lowest BCUT2D eigenvalue weighted by molar-refractivity contribution is -0.115. The van der Waals surface area contributed by atoms with E-state index in [-0.39, 0.29) is 18.4 Å². The van der Waals surface area contributed by atoms with Crippen LogP contribution < -0.4 is 10.6 Å². The highest BCUT2D eigenvalue weighted by molar-refractivity contribution is 8.00. The van der Waals surface area contributed by atoms with Gasteiger partial charge in [0.05, 0.1) is 12.1 Å². The molecule has 0 aliphatic heterocycles. The molecule has 0 heterocycles. The van der Waals surface area contributed by atoms with Gasteiger partial charge in [-0.1, -0.05) is 43.7 Å². The number of carbonyl (C=O) groups excluding carboxylic acids is 2. The van der Waals surface area contributed by atoms with E-state index in [0.29, 0.717) is 10.8 Å². The van der Waals surface area contributed by atoms with Crippen LogP contribution in [-0.2, 0) is 4.79 Å². The Morgan fingerprint density at radius 3 is 2.27 bits per heavy atom. The second-order valence-electron chi connectivity index (χ2n) is 6.67. The molecule has 0 fully saturated rings. The summed E-state index contributed by atoms with van der Waals surface area (Å²) in [5.74, 6) is -0.469. The van der Waals surface area contributed by atoms with Crippen molar-refractivity contribution in [3.8, 4) is 0 Å². The van der Waals surface area contributed by atoms with E-state index in [0.717, 1.165) is 27.3 Å². The topological polar surface area (TPSA) is 58.2 Å². The van der Waals surface area contributed by atoms with E-state index < -0.39 is 0 Å². The molecule has 2 aromatic carbocycles. The first kappa shape index (κ1) is 20.0. The molecule has 26 heavy (non-hydrogen) atoms. The molecular weight excluding hydrogens is 344 g/mol. The normalized spacial score (nSPS) is 10.7. The van der Waals surface area contributed by atoms with E-state index in [9.17, 15) is 9.59 Å². The molecule has 2 aromatic rings. The van der Waals surface area contributed by atoms with Gasteiger partial charge < -0.3 is 10.6 Å². The van der Waals surface area contributed by atoms with Crippen molar-refractivity contribution in [1.29, 1.82) is 0 Å². The van der Waals surface area contributed by atoms with Crippen molar-refractivity contribution in [1.82, 2.24) is 5.32 Å². The van der Waals surface area contributed by atoms with E-state index in [2.05, 4.69) is 24.5 Å². The highest BCUT2D eigenvalue weighted by atomic mass is 32.2. The van der Waals surface area contributed by atoms with Gasteiger partial charge in [-0.15, -0.1) is 11.8 Å². The molecule has 5 heteroatoms. The van der Waals surface area contributed by atoms with Gasteiger partial charge >= 0.3 is 0 Å². The van der Waals surface area contributed by atoms with Gasteiger partial charge in [0.15, 0.2) is 0 Å². The highest BCUT2D eigenvalue weighted by Crippen LogP contribution is 2.26. The molecule has 4 nitrogen and oxygen atoms in total. The van der Waals surface area contributed by atoms with Gasteiger partial charge in [-0.3, -0.25) is 9.59 Å². The summed E-state index contributed by atoms with van der Waals surface area (Å²) in [6, 6.07) is 11.5. The molecule has 0 bridgehead atoms. The van der Waals surface area contributed by atoms with Crippen molar-refractivity contribution in [2.75, 3.05) is 11.9 Å². The van der Waals surface area contributed by atoms with Gasteiger partial charge in [0.1, 0.15) is 0 Å². The monoisotopic (exact) mass is 370 g/mol. The lowest BCUT2D eigenvalue weighted by Crippen LogP contribution is -2.33. The van der Waals surface area contributed by atoms with E-state index in [1.807, 2.05) is 51.1 Å². The summed E-state index contributed by atoms with van der Waals surface area (Å²) in [7, 11) is 0. The molecule has 0 saturated carbocycles. The predicted molar refractivity (Wildman–Crippen MR) is 109 cm³/mol. The third kappa shape index (κ3) is 5.36. The molecule has 0 atom stereocenters. The standard InChI is InChI=1S/C21H26N2O2S/c1-13(2)26-18-9-7-6-8-17(18)21(25)22-12-19(24)23-20-15(4)10-14(3)11-16(20)5/h6-11,13H,12H2,1-5H3,(H,22,25)(H,23,24). The van der Waals surface area contributed by atoms with Crippen LogP contribution in [0, 0.1) is 20.8 Å². The van der Waals surface area contributed by atoms with Crippen LogP contribution in [0.2, 0.25) is 0 Å². The third-order valence-electron chi connectivity index (χ3n) is 3.85. The van der Waals surface area contributed by atoms with Gasteiger partial charge in [0.2, 0.25) is 5.91 Å². The number of nitrogens with one attached hydrogen (secondary N) is 2. The van der Waals surface area contributed by atoms with Gasteiger partial charge in [0.25, 0.3) is 5.91 Å².